The van der Waals surface area contributed by atoms with Gasteiger partial charge < -0.3 is 0 Å². The van der Waals surface area contributed by atoms with Crippen molar-refractivity contribution < 1.29 is 0 Å². The minimum atomic E-state index is 0. The van der Waals surface area contributed by atoms with Crippen molar-refractivity contribution in [2.24, 2.45) is 0 Å². The fraction of sp³-hybridized carbons (Fsp3) is 0.500. The smallest absolute Gasteiger partial charge is 0.171 e. The lowest BCUT2D eigenvalue weighted by molar-refractivity contribution is 0.881. The molecule has 0 spiro atoms. The topological polar surface area (TPSA) is 54.5 Å². The zero-order chi connectivity index (χ0) is 4.41. The van der Waals surface area contributed by atoms with E-state index in [0.717, 1.165) is 0 Å². The standard InChI is InChI=1S/C2H4N4.Al/c1-2-3-5-6-4-2;/h1H3,(H,3,4,5,6);. The Morgan fingerprint density at radius 1 is 1.57 bits per heavy atom. The van der Waals surface area contributed by atoms with Crippen LogP contribution in [-0.4, -0.2) is 38.0 Å². The van der Waals surface area contributed by atoms with Gasteiger partial charge >= 0.3 is 0 Å². The van der Waals surface area contributed by atoms with Crippen LogP contribution in [0.2, 0.25) is 0 Å². The number of tetrazole rings is 1. The van der Waals surface area contributed by atoms with Crippen molar-refractivity contribution in [3.63, 3.8) is 0 Å². The zero-order valence-corrected chi connectivity index (χ0v) is 5.07. The maximum Gasteiger partial charge on any atom is 0.171 e. The number of nitrogens with zero attached hydrogens (tertiary/aromatic N) is 3. The van der Waals surface area contributed by atoms with Gasteiger partial charge in [0, 0.05) is 17.4 Å². The summed E-state index contributed by atoms with van der Waals surface area (Å²) in [6, 6.07) is 0. The molecule has 0 aliphatic heterocycles. The van der Waals surface area contributed by atoms with Crippen molar-refractivity contribution in [3.8, 4) is 0 Å². The maximum atomic E-state index is 3.57. The normalized spacial score (nSPS) is 7.57. The second kappa shape index (κ2) is 2.72. The molecule has 35 valence electrons. The second-order valence-electron chi connectivity index (χ2n) is 0.959. The van der Waals surface area contributed by atoms with E-state index in [-0.39, 0.29) is 17.4 Å². The molecule has 0 aliphatic carbocycles. The van der Waals surface area contributed by atoms with Gasteiger partial charge in [0.1, 0.15) is 0 Å². The molecule has 1 heterocycles. The summed E-state index contributed by atoms with van der Waals surface area (Å²) in [6.07, 6.45) is 0. The SMILES string of the molecule is Cc1nn[nH]n1.[Al]. The van der Waals surface area contributed by atoms with E-state index in [0.29, 0.717) is 5.82 Å². The first-order valence-electron chi connectivity index (χ1n) is 1.59. The Morgan fingerprint density at radius 3 is 2.43 bits per heavy atom. The molecule has 0 amide bonds. The van der Waals surface area contributed by atoms with E-state index in [9.17, 15) is 0 Å². The lowest BCUT2D eigenvalue weighted by Crippen LogP contribution is -1.69. The molecule has 7 heavy (non-hydrogen) atoms. The van der Waals surface area contributed by atoms with Crippen molar-refractivity contribution in [3.05, 3.63) is 5.82 Å². The quantitative estimate of drug-likeness (QED) is 0.442. The zero-order valence-electron chi connectivity index (χ0n) is 3.92. The Hall–Kier alpha value is -0.398. The Kier molecular flexibility index (Phi) is 2.57. The average Bonchev–Trinajstić information content (AvgIpc) is 1.86. The highest BCUT2D eigenvalue weighted by Gasteiger charge is 1.78. The second-order valence-corrected chi connectivity index (χ2v) is 0.959. The predicted octanol–water partition coefficient (Wildman–Crippen LogP) is -0.873. The highest BCUT2D eigenvalue weighted by Crippen LogP contribution is 1.69. The molecule has 0 fully saturated rings. The van der Waals surface area contributed by atoms with E-state index in [4.69, 9.17) is 0 Å². The molecule has 0 bridgehead atoms. The number of hydrogen-bond donors (Lipinski definition) is 1. The van der Waals surface area contributed by atoms with Crippen LogP contribution in [0.25, 0.3) is 0 Å². The van der Waals surface area contributed by atoms with Crippen LogP contribution in [0.4, 0.5) is 0 Å². The first-order valence-corrected chi connectivity index (χ1v) is 1.59. The molecule has 1 N–H and O–H groups in total. The first-order chi connectivity index (χ1) is 2.89. The van der Waals surface area contributed by atoms with Gasteiger partial charge in [-0.1, -0.05) is 5.21 Å². The molecule has 1 aromatic rings. The van der Waals surface area contributed by atoms with Gasteiger partial charge in [-0.3, -0.25) is 0 Å². The average molecular weight is 111 g/mol. The number of aromatic nitrogens is 4. The third-order valence-electron chi connectivity index (χ3n) is 0.451. The number of rotatable bonds is 0. The van der Waals surface area contributed by atoms with E-state index in [1.165, 1.54) is 0 Å². The fourth-order valence-electron chi connectivity index (χ4n) is 0.212. The Bertz CT molecular complexity index is 113. The van der Waals surface area contributed by atoms with Gasteiger partial charge in [0.2, 0.25) is 0 Å². The van der Waals surface area contributed by atoms with Crippen LogP contribution in [0.3, 0.4) is 0 Å². The number of aryl methyl sites for hydroxylation is 1. The van der Waals surface area contributed by atoms with Crippen molar-refractivity contribution in [1.82, 2.24) is 20.6 Å². The first kappa shape index (κ1) is 6.60. The molecule has 0 unspecified atom stereocenters. The lowest BCUT2D eigenvalue weighted by atomic mass is 10.8. The summed E-state index contributed by atoms with van der Waals surface area (Å²) in [6.45, 7) is 1.77. The molecular formula is C2H4AlN4. The third kappa shape index (κ3) is 1.67. The summed E-state index contributed by atoms with van der Waals surface area (Å²) in [7, 11) is 0. The molecule has 3 radical (unpaired) electrons. The van der Waals surface area contributed by atoms with Gasteiger partial charge in [-0.15, -0.1) is 10.2 Å². The minimum absolute atomic E-state index is 0. The number of hydrogen-bond acceptors (Lipinski definition) is 3. The van der Waals surface area contributed by atoms with Crippen LogP contribution in [-0.2, 0) is 0 Å². The monoisotopic (exact) mass is 111 g/mol. The van der Waals surface area contributed by atoms with E-state index in [1.807, 2.05) is 0 Å². The van der Waals surface area contributed by atoms with E-state index < -0.39 is 0 Å². The predicted molar refractivity (Wildman–Crippen MR) is 24.7 cm³/mol. The molecule has 0 atom stereocenters. The van der Waals surface area contributed by atoms with Crippen molar-refractivity contribution in [2.75, 3.05) is 0 Å². The van der Waals surface area contributed by atoms with Gasteiger partial charge in [0.05, 0.1) is 0 Å². The summed E-state index contributed by atoms with van der Waals surface area (Å²) >= 11 is 0. The van der Waals surface area contributed by atoms with Gasteiger partial charge in [0.15, 0.2) is 5.82 Å². The maximum absolute atomic E-state index is 3.57. The van der Waals surface area contributed by atoms with Crippen LogP contribution >= 0.6 is 0 Å². The molecule has 1 rings (SSSR count). The largest absolute Gasteiger partial charge is 0.177 e. The highest BCUT2D eigenvalue weighted by atomic mass is 27.0. The Morgan fingerprint density at radius 2 is 2.29 bits per heavy atom. The van der Waals surface area contributed by atoms with Crippen LogP contribution in [0.5, 0.6) is 0 Å². The van der Waals surface area contributed by atoms with Gasteiger partial charge in [0.25, 0.3) is 0 Å². The van der Waals surface area contributed by atoms with E-state index in [2.05, 4.69) is 20.6 Å². The molecule has 4 nitrogen and oxygen atoms in total. The van der Waals surface area contributed by atoms with Crippen molar-refractivity contribution in [1.29, 1.82) is 0 Å². The number of H-pyrrole nitrogens is 1. The van der Waals surface area contributed by atoms with Crippen LogP contribution < -0.4 is 0 Å². The van der Waals surface area contributed by atoms with Crippen molar-refractivity contribution >= 4 is 17.4 Å². The summed E-state index contributed by atoms with van der Waals surface area (Å²) < 4.78 is 0. The van der Waals surface area contributed by atoms with Gasteiger partial charge in [-0.25, -0.2) is 0 Å². The summed E-state index contributed by atoms with van der Waals surface area (Å²) in [5, 5.41) is 12.7. The van der Waals surface area contributed by atoms with Crippen LogP contribution in [0, 0.1) is 6.92 Å². The molecule has 0 aliphatic rings. The third-order valence-corrected chi connectivity index (χ3v) is 0.451. The molecule has 0 saturated heterocycles. The molecular weight excluding hydrogens is 107 g/mol. The summed E-state index contributed by atoms with van der Waals surface area (Å²) in [5.74, 6) is 0.676. The van der Waals surface area contributed by atoms with Gasteiger partial charge in [-0.2, -0.15) is 5.21 Å². The van der Waals surface area contributed by atoms with E-state index >= 15 is 0 Å². The summed E-state index contributed by atoms with van der Waals surface area (Å²) in [5.41, 5.74) is 0. The lowest BCUT2D eigenvalue weighted by Gasteiger charge is -1.59. The Labute approximate surface area is 51.4 Å². The van der Waals surface area contributed by atoms with Crippen LogP contribution in [0.15, 0.2) is 0 Å². The molecule has 5 heteroatoms. The molecule has 0 saturated carbocycles. The molecule has 1 aromatic heterocycles. The van der Waals surface area contributed by atoms with Gasteiger partial charge in [-0.05, 0) is 6.92 Å². The van der Waals surface area contributed by atoms with E-state index in [1.54, 1.807) is 6.92 Å². The van der Waals surface area contributed by atoms with Crippen LogP contribution in [0.1, 0.15) is 5.82 Å². The number of aromatic amines is 1. The number of nitrogens with one attached hydrogen (secondary N) is 1. The highest BCUT2D eigenvalue weighted by molar-refractivity contribution is 5.75. The minimum Gasteiger partial charge on any atom is -0.177 e. The van der Waals surface area contributed by atoms with Crippen molar-refractivity contribution in [2.45, 2.75) is 6.92 Å². The molecule has 0 aromatic carbocycles. The fourth-order valence-corrected chi connectivity index (χ4v) is 0.212. The summed E-state index contributed by atoms with van der Waals surface area (Å²) in [4.78, 5) is 0. The Balaban J connectivity index is 0.000000360.